The first kappa shape index (κ1) is 20.9. The van der Waals surface area contributed by atoms with E-state index in [1.807, 2.05) is 50.2 Å². The second-order valence-corrected chi connectivity index (χ2v) is 9.78. The molecule has 0 unspecified atom stereocenters. The average molecular weight is 438 g/mol. The molecule has 3 N–H and O–H groups in total. The number of rotatable bonds is 5. The minimum atomic E-state index is -3.62. The van der Waals surface area contributed by atoms with E-state index in [1.165, 1.54) is 0 Å². The second-order valence-electron chi connectivity index (χ2n) is 8.15. The number of hydrogen-bond donors (Lipinski definition) is 2. The van der Waals surface area contributed by atoms with E-state index in [9.17, 15) is 13.2 Å². The number of ether oxygens (including phenoxy) is 1. The van der Waals surface area contributed by atoms with Crippen LogP contribution in [0, 0.1) is 0 Å². The summed E-state index contributed by atoms with van der Waals surface area (Å²) in [6.07, 6.45) is 0. The molecule has 4 rings (SSSR count). The third kappa shape index (κ3) is 4.39. The van der Waals surface area contributed by atoms with E-state index in [4.69, 9.17) is 10.5 Å². The van der Waals surface area contributed by atoms with E-state index in [0.717, 1.165) is 10.8 Å². The lowest BCUT2D eigenvalue weighted by atomic mass is 10.0. The third-order valence-corrected chi connectivity index (χ3v) is 6.17. The fourth-order valence-electron chi connectivity index (χ4n) is 3.62. The summed E-state index contributed by atoms with van der Waals surface area (Å²) in [5.41, 5.74) is 6.80. The maximum atomic E-state index is 13.0. The Morgan fingerprint density at radius 2 is 1.81 bits per heavy atom. The van der Waals surface area contributed by atoms with Crippen LogP contribution in [0.3, 0.4) is 0 Å². The van der Waals surface area contributed by atoms with E-state index in [1.54, 1.807) is 24.3 Å². The normalized spacial score (nSPS) is 15.1. The molecule has 0 saturated heterocycles. The highest BCUT2D eigenvalue weighted by molar-refractivity contribution is 7.89. The van der Waals surface area contributed by atoms with Crippen molar-refractivity contribution in [3.63, 3.8) is 0 Å². The van der Waals surface area contributed by atoms with E-state index in [-0.39, 0.29) is 24.1 Å². The predicted molar refractivity (Wildman–Crippen MR) is 121 cm³/mol. The number of carbonyl (C=O) groups excluding carboxylic acids is 1. The Kier molecular flexibility index (Phi) is 5.18. The number of amides is 1. The first-order valence-electron chi connectivity index (χ1n) is 9.79. The van der Waals surface area contributed by atoms with Gasteiger partial charge in [-0.3, -0.25) is 4.79 Å². The van der Waals surface area contributed by atoms with Crippen molar-refractivity contribution in [3.05, 3.63) is 77.4 Å². The number of benzene rings is 3. The van der Waals surface area contributed by atoms with Crippen molar-refractivity contribution in [1.29, 1.82) is 0 Å². The Bertz CT molecular complexity index is 1310. The van der Waals surface area contributed by atoms with Gasteiger partial charge >= 0.3 is 0 Å². The maximum absolute atomic E-state index is 13.0. The van der Waals surface area contributed by atoms with Gasteiger partial charge in [0, 0.05) is 5.56 Å². The zero-order valence-electron chi connectivity index (χ0n) is 17.3. The van der Waals surface area contributed by atoms with Gasteiger partial charge in [-0.1, -0.05) is 48.5 Å². The molecule has 0 aromatic heterocycles. The lowest BCUT2D eigenvalue weighted by molar-refractivity contribution is 0.0882. The van der Waals surface area contributed by atoms with Crippen LogP contribution in [0.15, 0.2) is 65.1 Å². The molecule has 7 nitrogen and oxygen atoms in total. The lowest BCUT2D eigenvalue weighted by Gasteiger charge is -2.28. The third-order valence-electron chi connectivity index (χ3n) is 5.02. The summed E-state index contributed by atoms with van der Waals surface area (Å²) < 4.78 is 33.2. The van der Waals surface area contributed by atoms with Crippen molar-refractivity contribution in [2.75, 3.05) is 6.61 Å². The molecule has 3 aromatic carbocycles. The van der Waals surface area contributed by atoms with Gasteiger partial charge in [-0.15, -0.1) is 4.40 Å². The van der Waals surface area contributed by atoms with Gasteiger partial charge in [-0.05, 0) is 42.3 Å². The molecule has 160 valence electrons. The van der Waals surface area contributed by atoms with Crippen LogP contribution in [-0.4, -0.2) is 32.3 Å². The summed E-state index contributed by atoms with van der Waals surface area (Å²) in [6, 6.07) is 18.4. The maximum Gasteiger partial charge on any atom is 0.259 e. The van der Waals surface area contributed by atoms with Gasteiger partial charge in [0.2, 0.25) is 0 Å². The monoisotopic (exact) mass is 437 g/mol. The van der Waals surface area contributed by atoms with Gasteiger partial charge in [0.05, 0.1) is 16.9 Å². The van der Waals surface area contributed by atoms with E-state index >= 15 is 0 Å². The summed E-state index contributed by atoms with van der Waals surface area (Å²) in [7, 11) is -3.62. The largest absolute Gasteiger partial charge is 0.490 e. The molecule has 1 aliphatic rings. The molecule has 31 heavy (non-hydrogen) atoms. The van der Waals surface area contributed by atoms with Crippen molar-refractivity contribution in [3.8, 4) is 5.75 Å². The first-order chi connectivity index (χ1) is 14.7. The van der Waals surface area contributed by atoms with E-state index in [2.05, 4.69) is 9.71 Å². The average Bonchev–Trinajstić information content (AvgIpc) is 2.70. The summed E-state index contributed by atoms with van der Waals surface area (Å²) in [5, 5.41) is 4.89. The topological polar surface area (TPSA) is 111 Å². The predicted octanol–water partition coefficient (Wildman–Crippen LogP) is 2.98. The molecule has 0 aliphatic carbocycles. The number of carbonyl (C=O) groups is 1. The van der Waals surface area contributed by atoms with E-state index in [0.29, 0.717) is 22.4 Å². The highest BCUT2D eigenvalue weighted by atomic mass is 32.2. The van der Waals surface area contributed by atoms with Crippen molar-refractivity contribution in [1.82, 2.24) is 5.32 Å². The van der Waals surface area contributed by atoms with Crippen LogP contribution in [0.4, 0.5) is 0 Å². The van der Waals surface area contributed by atoms with Crippen molar-refractivity contribution in [2.45, 2.75) is 25.1 Å². The van der Waals surface area contributed by atoms with Crippen molar-refractivity contribution in [2.24, 2.45) is 10.1 Å². The fraction of sp³-hybridized carbons (Fsp3) is 0.217. The van der Waals surface area contributed by atoms with Gasteiger partial charge in [0.15, 0.2) is 0 Å². The molecular formula is C23H23N3O4S. The van der Waals surface area contributed by atoms with Crippen LogP contribution in [0.1, 0.15) is 35.3 Å². The summed E-state index contributed by atoms with van der Waals surface area (Å²) in [4.78, 5) is 13.0. The number of nitrogens with zero attached hydrogens (tertiary/aromatic N) is 1. The van der Waals surface area contributed by atoms with Gasteiger partial charge in [0.25, 0.3) is 15.9 Å². The Hall–Kier alpha value is -3.39. The quantitative estimate of drug-likeness (QED) is 0.638. The van der Waals surface area contributed by atoms with Crippen LogP contribution >= 0.6 is 0 Å². The Morgan fingerprint density at radius 3 is 2.61 bits per heavy atom. The Balaban J connectivity index is 1.52. The first-order valence-corrected chi connectivity index (χ1v) is 11.4. The number of nitrogens with two attached hydrogens (primary N) is 1. The highest BCUT2D eigenvalue weighted by Crippen LogP contribution is 2.28. The van der Waals surface area contributed by atoms with Crippen LogP contribution < -0.4 is 15.8 Å². The van der Waals surface area contributed by atoms with Crippen LogP contribution in [0.25, 0.3) is 10.8 Å². The fourth-order valence-corrected chi connectivity index (χ4v) is 4.71. The van der Waals surface area contributed by atoms with Crippen LogP contribution in [0.5, 0.6) is 5.75 Å². The SMILES string of the molecule is CC(C)(COc1cccc2c1C(N)=NS(=O)(=O)C2)NC(=O)c1cccc2ccccc12. The second kappa shape index (κ2) is 7.70. The minimum Gasteiger partial charge on any atom is -0.490 e. The molecule has 0 spiro atoms. The minimum absolute atomic E-state index is 0.0885. The molecule has 8 heteroatoms. The standard InChI is InChI=1S/C23H23N3O4S/c1-23(2,25-22(27)18-11-5-8-15-7-3-4-10-17(15)18)14-30-19-12-6-9-16-13-31(28,29)26-21(24)20(16)19/h3-12H,13-14H2,1-2H3,(H2,24,26)(H,25,27). The summed E-state index contributed by atoms with van der Waals surface area (Å²) in [6.45, 7) is 3.86. The Morgan fingerprint density at radius 1 is 1.10 bits per heavy atom. The lowest BCUT2D eigenvalue weighted by Crippen LogP contribution is -2.48. The molecule has 0 fully saturated rings. The van der Waals surface area contributed by atoms with Gasteiger partial charge in [-0.25, -0.2) is 8.42 Å². The molecule has 0 atom stereocenters. The Labute approximate surface area is 181 Å². The molecule has 1 amide bonds. The molecule has 0 bridgehead atoms. The molecular weight excluding hydrogens is 414 g/mol. The highest BCUT2D eigenvalue weighted by Gasteiger charge is 2.27. The number of hydrogen-bond acceptors (Lipinski definition) is 5. The molecule has 3 aromatic rings. The zero-order chi connectivity index (χ0) is 22.2. The smallest absolute Gasteiger partial charge is 0.259 e. The molecule has 0 radical (unpaired) electrons. The molecule has 1 heterocycles. The molecule has 1 aliphatic heterocycles. The number of sulfonamides is 1. The van der Waals surface area contributed by atoms with Gasteiger partial charge in [0.1, 0.15) is 18.2 Å². The van der Waals surface area contributed by atoms with Gasteiger partial charge < -0.3 is 15.8 Å². The number of fused-ring (bicyclic) bond motifs is 2. The number of nitrogens with one attached hydrogen (secondary N) is 1. The van der Waals surface area contributed by atoms with Gasteiger partial charge in [-0.2, -0.15) is 0 Å². The van der Waals surface area contributed by atoms with Crippen LogP contribution in [-0.2, 0) is 15.8 Å². The van der Waals surface area contributed by atoms with Crippen molar-refractivity contribution >= 4 is 32.5 Å². The van der Waals surface area contributed by atoms with Crippen molar-refractivity contribution < 1.29 is 17.9 Å². The zero-order valence-corrected chi connectivity index (χ0v) is 18.1. The van der Waals surface area contributed by atoms with E-state index < -0.39 is 15.6 Å². The van der Waals surface area contributed by atoms with Crippen LogP contribution in [0.2, 0.25) is 0 Å². The number of amidine groups is 1. The summed E-state index contributed by atoms with van der Waals surface area (Å²) in [5.74, 6) is -0.0789. The molecule has 0 saturated carbocycles. The summed E-state index contributed by atoms with van der Waals surface area (Å²) >= 11 is 0.